The van der Waals surface area contributed by atoms with E-state index in [-0.39, 0.29) is 0 Å². The van der Waals surface area contributed by atoms with Crippen molar-refractivity contribution in [3.05, 3.63) is 17.4 Å². The van der Waals surface area contributed by atoms with Gasteiger partial charge in [-0.2, -0.15) is 0 Å². The van der Waals surface area contributed by atoms with Crippen LogP contribution in [0.1, 0.15) is 19.3 Å². The summed E-state index contributed by atoms with van der Waals surface area (Å²) in [5.74, 6) is 1.50. The van der Waals surface area contributed by atoms with Crippen LogP contribution in [0.4, 0.5) is 5.95 Å². The summed E-state index contributed by atoms with van der Waals surface area (Å²) < 4.78 is 0. The predicted octanol–water partition coefficient (Wildman–Crippen LogP) is 2.34. The quantitative estimate of drug-likeness (QED) is 0.809. The Morgan fingerprint density at radius 2 is 2.08 bits per heavy atom. The molecule has 0 aromatic carbocycles. The van der Waals surface area contributed by atoms with Crippen LogP contribution in [0, 0.1) is 5.92 Å². The molecule has 4 heteroatoms. The van der Waals surface area contributed by atoms with Crippen LogP contribution in [0.25, 0.3) is 0 Å². The van der Waals surface area contributed by atoms with Gasteiger partial charge in [0.2, 0.25) is 5.95 Å². The molecule has 0 unspecified atom stereocenters. The number of aromatic nitrogens is 2. The average molecular weight is 198 g/mol. The fraction of sp³-hybridized carbons (Fsp3) is 0.556. The average Bonchev–Trinajstić information content (AvgIpc) is 2.05. The van der Waals surface area contributed by atoms with Crippen LogP contribution >= 0.6 is 11.6 Å². The Morgan fingerprint density at radius 1 is 1.38 bits per heavy atom. The van der Waals surface area contributed by atoms with Crippen molar-refractivity contribution < 1.29 is 0 Å². The first kappa shape index (κ1) is 8.75. The summed E-state index contributed by atoms with van der Waals surface area (Å²) in [6.45, 7) is 0.988. The molecule has 0 amide bonds. The molecule has 1 aromatic rings. The highest BCUT2D eigenvalue weighted by molar-refractivity contribution is 6.30. The Morgan fingerprint density at radius 3 is 2.62 bits per heavy atom. The van der Waals surface area contributed by atoms with Crippen molar-refractivity contribution in [1.29, 1.82) is 0 Å². The third-order valence-electron chi connectivity index (χ3n) is 2.39. The number of hydrogen-bond acceptors (Lipinski definition) is 3. The first-order chi connectivity index (χ1) is 6.34. The van der Waals surface area contributed by atoms with Gasteiger partial charge in [0.15, 0.2) is 0 Å². The standard InChI is InChI=1S/C9H12ClN3/c10-8-5-12-9(13-6-8)11-4-7-2-1-3-7/h5-7H,1-4H2,(H,11,12,13). The van der Waals surface area contributed by atoms with Gasteiger partial charge in [-0.1, -0.05) is 18.0 Å². The van der Waals surface area contributed by atoms with Crippen molar-refractivity contribution in [3.63, 3.8) is 0 Å². The van der Waals surface area contributed by atoms with Crippen molar-refractivity contribution in [1.82, 2.24) is 9.97 Å². The van der Waals surface area contributed by atoms with Gasteiger partial charge in [-0.15, -0.1) is 0 Å². The van der Waals surface area contributed by atoms with Gasteiger partial charge in [-0.05, 0) is 18.8 Å². The fourth-order valence-electron chi connectivity index (χ4n) is 1.34. The van der Waals surface area contributed by atoms with Crippen LogP contribution in [-0.4, -0.2) is 16.5 Å². The molecule has 3 nitrogen and oxygen atoms in total. The molecule has 0 atom stereocenters. The lowest BCUT2D eigenvalue weighted by molar-refractivity contribution is 0.333. The molecular weight excluding hydrogens is 186 g/mol. The summed E-state index contributed by atoms with van der Waals surface area (Å²) >= 11 is 5.66. The number of nitrogens with zero attached hydrogens (tertiary/aromatic N) is 2. The number of nitrogens with one attached hydrogen (secondary N) is 1. The molecule has 1 heterocycles. The molecule has 0 bridgehead atoms. The number of rotatable bonds is 3. The summed E-state index contributed by atoms with van der Waals surface area (Å²) in [5, 5.41) is 3.77. The molecule has 1 aliphatic carbocycles. The third kappa shape index (κ3) is 2.31. The minimum atomic E-state index is 0.578. The van der Waals surface area contributed by atoms with E-state index in [2.05, 4.69) is 15.3 Å². The second-order valence-electron chi connectivity index (χ2n) is 3.40. The number of hydrogen-bond donors (Lipinski definition) is 1. The predicted molar refractivity (Wildman–Crippen MR) is 52.9 cm³/mol. The molecule has 13 heavy (non-hydrogen) atoms. The van der Waals surface area contributed by atoms with Gasteiger partial charge in [0, 0.05) is 6.54 Å². The van der Waals surface area contributed by atoms with Gasteiger partial charge in [0.05, 0.1) is 17.4 Å². The Balaban J connectivity index is 1.83. The lowest BCUT2D eigenvalue weighted by Gasteiger charge is -2.25. The molecule has 1 saturated carbocycles. The molecule has 0 aliphatic heterocycles. The van der Waals surface area contributed by atoms with Gasteiger partial charge in [0.25, 0.3) is 0 Å². The molecule has 2 rings (SSSR count). The Hall–Kier alpha value is -0.830. The summed E-state index contributed by atoms with van der Waals surface area (Å²) in [6, 6.07) is 0. The largest absolute Gasteiger partial charge is 0.354 e. The van der Waals surface area contributed by atoms with Gasteiger partial charge in [0.1, 0.15) is 0 Å². The lowest BCUT2D eigenvalue weighted by Crippen LogP contribution is -2.21. The van der Waals surface area contributed by atoms with E-state index in [0.717, 1.165) is 12.5 Å². The minimum Gasteiger partial charge on any atom is -0.354 e. The van der Waals surface area contributed by atoms with Crippen molar-refractivity contribution in [2.24, 2.45) is 5.92 Å². The number of anilines is 1. The van der Waals surface area contributed by atoms with Crippen molar-refractivity contribution in [3.8, 4) is 0 Å². The van der Waals surface area contributed by atoms with Crippen LogP contribution in [-0.2, 0) is 0 Å². The zero-order valence-corrected chi connectivity index (χ0v) is 8.09. The molecule has 70 valence electrons. The topological polar surface area (TPSA) is 37.8 Å². The second kappa shape index (κ2) is 3.92. The zero-order valence-electron chi connectivity index (χ0n) is 7.33. The van der Waals surface area contributed by atoms with Crippen molar-refractivity contribution in [2.75, 3.05) is 11.9 Å². The second-order valence-corrected chi connectivity index (χ2v) is 3.84. The van der Waals surface area contributed by atoms with Crippen LogP contribution in [0.15, 0.2) is 12.4 Å². The van der Waals surface area contributed by atoms with Crippen LogP contribution in [0.3, 0.4) is 0 Å². The Kier molecular flexibility index (Phi) is 2.64. The van der Waals surface area contributed by atoms with Gasteiger partial charge < -0.3 is 5.32 Å². The highest BCUT2D eigenvalue weighted by Crippen LogP contribution is 2.25. The lowest BCUT2D eigenvalue weighted by atomic mass is 9.85. The van der Waals surface area contributed by atoms with E-state index in [4.69, 9.17) is 11.6 Å². The van der Waals surface area contributed by atoms with Gasteiger partial charge in [-0.3, -0.25) is 0 Å². The van der Waals surface area contributed by atoms with Crippen LogP contribution in [0.5, 0.6) is 0 Å². The van der Waals surface area contributed by atoms with Crippen molar-refractivity contribution in [2.45, 2.75) is 19.3 Å². The third-order valence-corrected chi connectivity index (χ3v) is 2.59. The first-order valence-electron chi connectivity index (χ1n) is 4.56. The normalized spacial score (nSPS) is 16.7. The smallest absolute Gasteiger partial charge is 0.222 e. The molecule has 1 aliphatic rings. The number of halogens is 1. The molecule has 0 saturated heterocycles. The maximum atomic E-state index is 5.66. The minimum absolute atomic E-state index is 0.578. The van der Waals surface area contributed by atoms with Gasteiger partial charge >= 0.3 is 0 Å². The Bertz CT molecular complexity index is 269. The first-order valence-corrected chi connectivity index (χ1v) is 4.94. The van der Waals surface area contributed by atoms with Crippen LogP contribution in [0.2, 0.25) is 5.02 Å². The highest BCUT2D eigenvalue weighted by Gasteiger charge is 2.16. The van der Waals surface area contributed by atoms with E-state index in [9.17, 15) is 0 Å². The summed E-state index contributed by atoms with van der Waals surface area (Å²) in [4.78, 5) is 8.11. The summed E-state index contributed by atoms with van der Waals surface area (Å²) in [5.41, 5.74) is 0. The zero-order chi connectivity index (χ0) is 9.10. The van der Waals surface area contributed by atoms with E-state index in [1.54, 1.807) is 12.4 Å². The van der Waals surface area contributed by atoms with E-state index in [0.29, 0.717) is 11.0 Å². The van der Waals surface area contributed by atoms with E-state index >= 15 is 0 Å². The molecule has 1 aromatic heterocycles. The van der Waals surface area contributed by atoms with E-state index < -0.39 is 0 Å². The molecule has 0 radical (unpaired) electrons. The Labute approximate surface area is 82.5 Å². The molecule has 1 fully saturated rings. The fourth-order valence-corrected chi connectivity index (χ4v) is 1.43. The van der Waals surface area contributed by atoms with Crippen molar-refractivity contribution >= 4 is 17.5 Å². The highest BCUT2D eigenvalue weighted by atomic mass is 35.5. The van der Waals surface area contributed by atoms with Gasteiger partial charge in [-0.25, -0.2) is 9.97 Å². The SMILES string of the molecule is Clc1cnc(NCC2CCC2)nc1. The molecular formula is C9H12ClN3. The van der Waals surface area contributed by atoms with E-state index in [1.165, 1.54) is 19.3 Å². The maximum absolute atomic E-state index is 5.66. The molecule has 1 N–H and O–H groups in total. The summed E-state index contributed by atoms with van der Waals surface area (Å²) in [6.07, 6.45) is 7.25. The van der Waals surface area contributed by atoms with Crippen LogP contribution < -0.4 is 5.32 Å². The maximum Gasteiger partial charge on any atom is 0.222 e. The molecule has 0 spiro atoms. The van der Waals surface area contributed by atoms with E-state index in [1.807, 2.05) is 0 Å². The summed E-state index contributed by atoms with van der Waals surface area (Å²) in [7, 11) is 0. The monoisotopic (exact) mass is 197 g/mol.